The molecule has 0 saturated carbocycles. The average molecular weight is 199 g/mol. The number of nitrogens with zero attached hydrogens (tertiary/aromatic N) is 1. The fourth-order valence-electron chi connectivity index (χ4n) is 0.840. The van der Waals surface area contributed by atoms with Crippen molar-refractivity contribution in [2.45, 2.75) is 0 Å². The molecule has 0 saturated heterocycles. The van der Waals surface area contributed by atoms with Gasteiger partial charge in [-0.2, -0.15) is 0 Å². The topological polar surface area (TPSA) is 76.4 Å². The Morgan fingerprint density at radius 1 is 1.71 bits per heavy atom. The van der Waals surface area contributed by atoms with Gasteiger partial charge in [0.15, 0.2) is 5.82 Å². The molecule has 0 aliphatic rings. The second-order valence-electron chi connectivity index (χ2n) is 2.60. The Morgan fingerprint density at radius 3 is 3.21 bits per heavy atom. The highest BCUT2D eigenvalue weighted by Gasteiger charge is 2.02. The molecule has 78 valence electrons. The Kier molecular flexibility index (Phi) is 4.66. The lowest BCUT2D eigenvalue weighted by molar-refractivity contribution is -0.115. The third-order valence-corrected chi connectivity index (χ3v) is 1.47. The minimum atomic E-state index is -0.157. The van der Waals surface area contributed by atoms with Crippen LogP contribution in [0.1, 0.15) is 0 Å². The van der Waals surface area contributed by atoms with Crippen LogP contribution in [-0.2, 0) is 9.53 Å². The number of methoxy groups -OCH3 is 1. The van der Waals surface area contributed by atoms with Gasteiger partial charge in [0, 0.05) is 19.7 Å². The summed E-state index contributed by atoms with van der Waals surface area (Å²) in [7, 11) is 1.61. The zero-order chi connectivity index (χ0) is 10.2. The van der Waals surface area contributed by atoms with Gasteiger partial charge in [0.05, 0.1) is 13.2 Å². The summed E-state index contributed by atoms with van der Waals surface area (Å²) in [4.78, 5) is 11.2. The van der Waals surface area contributed by atoms with Crippen LogP contribution in [0.2, 0.25) is 0 Å². The van der Waals surface area contributed by atoms with Crippen molar-refractivity contribution >= 4 is 11.7 Å². The SMILES string of the molecule is COCCNCC(=O)Nc1ccon1. The second kappa shape index (κ2) is 6.11. The van der Waals surface area contributed by atoms with Gasteiger partial charge in [-0.3, -0.25) is 4.79 Å². The summed E-state index contributed by atoms with van der Waals surface area (Å²) in [5, 5.41) is 9.00. The van der Waals surface area contributed by atoms with Crippen LogP contribution in [0.3, 0.4) is 0 Å². The predicted octanol–water partition coefficient (Wildman–Crippen LogP) is -0.151. The zero-order valence-electron chi connectivity index (χ0n) is 7.95. The first-order valence-corrected chi connectivity index (χ1v) is 4.23. The maximum atomic E-state index is 11.2. The van der Waals surface area contributed by atoms with E-state index in [1.54, 1.807) is 13.2 Å². The number of aromatic nitrogens is 1. The summed E-state index contributed by atoms with van der Waals surface area (Å²) in [6.45, 7) is 1.45. The largest absolute Gasteiger partial charge is 0.383 e. The van der Waals surface area contributed by atoms with E-state index in [2.05, 4.69) is 20.3 Å². The highest BCUT2D eigenvalue weighted by molar-refractivity contribution is 5.91. The molecular formula is C8H13N3O3. The molecule has 0 aliphatic carbocycles. The number of carbonyl (C=O) groups excluding carboxylic acids is 1. The van der Waals surface area contributed by atoms with Gasteiger partial charge in [-0.25, -0.2) is 0 Å². The Balaban J connectivity index is 2.11. The van der Waals surface area contributed by atoms with E-state index in [0.717, 1.165) is 0 Å². The predicted molar refractivity (Wildman–Crippen MR) is 49.9 cm³/mol. The Bertz CT molecular complexity index is 261. The molecule has 6 heteroatoms. The molecule has 1 aromatic rings. The summed E-state index contributed by atoms with van der Waals surface area (Å²) in [6, 6.07) is 1.58. The van der Waals surface area contributed by atoms with Crippen molar-refractivity contribution in [1.82, 2.24) is 10.5 Å². The highest BCUT2D eigenvalue weighted by Crippen LogP contribution is 1.99. The zero-order valence-corrected chi connectivity index (χ0v) is 7.95. The van der Waals surface area contributed by atoms with Gasteiger partial charge < -0.3 is 19.9 Å². The maximum absolute atomic E-state index is 11.2. The van der Waals surface area contributed by atoms with E-state index < -0.39 is 0 Å². The number of hydrogen-bond acceptors (Lipinski definition) is 5. The van der Waals surface area contributed by atoms with Crippen LogP contribution in [0, 0.1) is 0 Å². The molecule has 0 atom stereocenters. The Morgan fingerprint density at radius 2 is 2.57 bits per heavy atom. The van der Waals surface area contributed by atoms with E-state index >= 15 is 0 Å². The fourth-order valence-corrected chi connectivity index (χ4v) is 0.840. The van der Waals surface area contributed by atoms with Gasteiger partial charge in [0.2, 0.25) is 5.91 Å². The third-order valence-electron chi connectivity index (χ3n) is 1.47. The first-order chi connectivity index (χ1) is 6.83. The van der Waals surface area contributed by atoms with Crippen LogP contribution in [0.4, 0.5) is 5.82 Å². The molecule has 6 nitrogen and oxygen atoms in total. The van der Waals surface area contributed by atoms with Crippen molar-refractivity contribution in [3.63, 3.8) is 0 Å². The average Bonchev–Trinajstić information content (AvgIpc) is 2.65. The number of amides is 1. The highest BCUT2D eigenvalue weighted by atomic mass is 16.5. The summed E-state index contributed by atoms with van der Waals surface area (Å²) >= 11 is 0. The van der Waals surface area contributed by atoms with E-state index in [1.807, 2.05) is 0 Å². The van der Waals surface area contributed by atoms with Crippen LogP contribution in [0.5, 0.6) is 0 Å². The molecule has 0 bridgehead atoms. The first kappa shape index (κ1) is 10.7. The fraction of sp³-hybridized carbons (Fsp3) is 0.500. The number of anilines is 1. The summed E-state index contributed by atoms with van der Waals surface area (Å²) < 4.78 is 9.36. The number of rotatable bonds is 6. The van der Waals surface area contributed by atoms with Gasteiger partial charge in [-0.05, 0) is 0 Å². The molecule has 1 amide bonds. The number of ether oxygens (including phenoxy) is 1. The summed E-state index contributed by atoms with van der Waals surface area (Å²) in [5.74, 6) is 0.263. The number of hydrogen-bond donors (Lipinski definition) is 2. The van der Waals surface area contributed by atoms with Crippen LogP contribution in [0.25, 0.3) is 0 Å². The van der Waals surface area contributed by atoms with E-state index in [-0.39, 0.29) is 12.5 Å². The molecule has 1 rings (SSSR count). The standard InChI is InChI=1S/C8H13N3O3/c1-13-5-3-9-6-8(12)10-7-2-4-14-11-7/h2,4,9H,3,5-6H2,1H3,(H,10,11,12). The van der Waals surface area contributed by atoms with Crippen molar-refractivity contribution in [3.05, 3.63) is 12.3 Å². The molecule has 1 aromatic heterocycles. The van der Waals surface area contributed by atoms with Gasteiger partial charge in [-0.1, -0.05) is 5.16 Å². The van der Waals surface area contributed by atoms with Crippen LogP contribution in [0.15, 0.2) is 16.9 Å². The van der Waals surface area contributed by atoms with Crippen LogP contribution < -0.4 is 10.6 Å². The second-order valence-corrected chi connectivity index (χ2v) is 2.60. The summed E-state index contributed by atoms with van der Waals surface area (Å²) in [5.41, 5.74) is 0. The lowest BCUT2D eigenvalue weighted by atomic mass is 10.5. The van der Waals surface area contributed by atoms with Crippen molar-refractivity contribution in [2.75, 3.05) is 32.1 Å². The van der Waals surface area contributed by atoms with E-state index in [4.69, 9.17) is 4.74 Å². The molecule has 1 heterocycles. The van der Waals surface area contributed by atoms with Crippen molar-refractivity contribution < 1.29 is 14.1 Å². The molecule has 0 spiro atoms. The minimum absolute atomic E-state index is 0.157. The van der Waals surface area contributed by atoms with Crippen molar-refractivity contribution in [3.8, 4) is 0 Å². The molecule has 0 radical (unpaired) electrons. The van der Waals surface area contributed by atoms with Gasteiger partial charge >= 0.3 is 0 Å². The van der Waals surface area contributed by atoms with Gasteiger partial charge in [-0.15, -0.1) is 0 Å². The van der Waals surface area contributed by atoms with Crippen molar-refractivity contribution in [1.29, 1.82) is 0 Å². The van der Waals surface area contributed by atoms with Crippen molar-refractivity contribution in [2.24, 2.45) is 0 Å². The quantitative estimate of drug-likeness (QED) is 0.623. The van der Waals surface area contributed by atoms with E-state index in [0.29, 0.717) is 19.0 Å². The maximum Gasteiger partial charge on any atom is 0.239 e. The smallest absolute Gasteiger partial charge is 0.239 e. The van der Waals surface area contributed by atoms with E-state index in [9.17, 15) is 4.79 Å². The molecule has 0 unspecified atom stereocenters. The van der Waals surface area contributed by atoms with Gasteiger partial charge in [0.25, 0.3) is 0 Å². The lowest BCUT2D eigenvalue weighted by Gasteiger charge is -2.03. The van der Waals surface area contributed by atoms with Crippen LogP contribution in [-0.4, -0.2) is 37.9 Å². The normalized spacial score (nSPS) is 10.1. The van der Waals surface area contributed by atoms with Gasteiger partial charge in [0.1, 0.15) is 6.26 Å². The Hall–Kier alpha value is -1.40. The third kappa shape index (κ3) is 4.01. The molecule has 0 aromatic carbocycles. The molecule has 14 heavy (non-hydrogen) atoms. The van der Waals surface area contributed by atoms with E-state index in [1.165, 1.54) is 6.26 Å². The van der Waals surface area contributed by atoms with Crippen LogP contribution >= 0.6 is 0 Å². The monoisotopic (exact) mass is 199 g/mol. The molecule has 0 aliphatic heterocycles. The molecular weight excluding hydrogens is 186 g/mol. The number of carbonyl (C=O) groups is 1. The molecule has 2 N–H and O–H groups in total. The summed E-state index contributed by atoms with van der Waals surface area (Å²) in [6.07, 6.45) is 1.40. The minimum Gasteiger partial charge on any atom is -0.383 e. The first-order valence-electron chi connectivity index (χ1n) is 4.23. The number of nitrogens with one attached hydrogen (secondary N) is 2. The lowest BCUT2D eigenvalue weighted by Crippen LogP contribution is -2.30. The molecule has 0 fully saturated rings. The Labute approximate surface area is 81.6 Å².